The van der Waals surface area contributed by atoms with E-state index in [0.717, 1.165) is 0 Å². The lowest BCUT2D eigenvalue weighted by molar-refractivity contribution is 0.306. The summed E-state index contributed by atoms with van der Waals surface area (Å²) in [5.74, 6) is 0. The molecule has 0 N–H and O–H groups in total. The van der Waals surface area contributed by atoms with Crippen molar-refractivity contribution in [2.45, 2.75) is 101 Å². The SMILES string of the molecule is CC.CCCC(C)(C)CC/C=C(\C)CC(C)(C)CC. The summed E-state index contributed by atoms with van der Waals surface area (Å²) in [6.07, 6.45) is 10.2. The molecule has 0 nitrogen and oxygen atoms in total. The second-order valence-corrected chi connectivity index (χ2v) is 7.20. The van der Waals surface area contributed by atoms with Gasteiger partial charge in [-0.2, -0.15) is 0 Å². The molecule has 0 fully saturated rings. The van der Waals surface area contributed by atoms with Gasteiger partial charge >= 0.3 is 0 Å². The van der Waals surface area contributed by atoms with Gasteiger partial charge in [-0.3, -0.25) is 0 Å². The first-order valence-electron chi connectivity index (χ1n) is 8.38. The minimum absolute atomic E-state index is 0.472. The van der Waals surface area contributed by atoms with E-state index in [2.05, 4.69) is 54.5 Å². The Labute approximate surface area is 124 Å². The van der Waals surface area contributed by atoms with Crippen LogP contribution in [0.2, 0.25) is 0 Å². The van der Waals surface area contributed by atoms with E-state index in [-0.39, 0.29) is 0 Å². The van der Waals surface area contributed by atoms with Crippen LogP contribution in [-0.4, -0.2) is 0 Å². The maximum absolute atomic E-state index is 2.47. The van der Waals surface area contributed by atoms with Crippen molar-refractivity contribution >= 4 is 0 Å². The van der Waals surface area contributed by atoms with Crippen LogP contribution >= 0.6 is 0 Å². The molecule has 0 radical (unpaired) electrons. The lowest BCUT2D eigenvalue weighted by atomic mass is 9.81. The zero-order chi connectivity index (χ0) is 15.5. The molecular weight excluding hydrogens is 228 g/mol. The highest BCUT2D eigenvalue weighted by molar-refractivity contribution is 5.01. The highest BCUT2D eigenvalue weighted by Crippen LogP contribution is 2.31. The predicted octanol–water partition coefficient (Wildman–Crippen LogP) is 7.39. The molecule has 0 saturated carbocycles. The van der Waals surface area contributed by atoms with Crippen LogP contribution in [0.4, 0.5) is 0 Å². The van der Waals surface area contributed by atoms with Gasteiger partial charge < -0.3 is 0 Å². The Hall–Kier alpha value is -0.260. The van der Waals surface area contributed by atoms with E-state index in [0.29, 0.717) is 10.8 Å². The molecule has 0 aliphatic heterocycles. The smallest absolute Gasteiger partial charge is 0.0272 e. The van der Waals surface area contributed by atoms with E-state index in [1.54, 1.807) is 5.57 Å². The van der Waals surface area contributed by atoms with E-state index >= 15 is 0 Å². The summed E-state index contributed by atoms with van der Waals surface area (Å²) >= 11 is 0. The average Bonchev–Trinajstić information content (AvgIpc) is 2.30. The predicted molar refractivity (Wildman–Crippen MR) is 91.7 cm³/mol. The summed E-state index contributed by atoms with van der Waals surface area (Å²) in [5, 5.41) is 0. The normalized spacial score (nSPS) is 13.0. The van der Waals surface area contributed by atoms with Crippen LogP contribution in [0.15, 0.2) is 11.6 Å². The molecule has 0 aliphatic carbocycles. The molecule has 0 atom stereocenters. The van der Waals surface area contributed by atoms with Crippen LogP contribution in [0, 0.1) is 10.8 Å². The molecule has 0 aromatic rings. The first-order chi connectivity index (χ1) is 8.72. The molecule has 0 aliphatic rings. The van der Waals surface area contributed by atoms with Crippen molar-refractivity contribution in [2.24, 2.45) is 10.8 Å². The maximum atomic E-state index is 2.47. The second kappa shape index (κ2) is 10.5. The first kappa shape index (κ1) is 21.0. The topological polar surface area (TPSA) is 0 Å². The summed E-state index contributed by atoms with van der Waals surface area (Å²) in [6, 6.07) is 0. The fourth-order valence-electron chi connectivity index (χ4n) is 2.46. The molecule has 0 unspecified atom stereocenters. The summed E-state index contributed by atoms with van der Waals surface area (Å²) in [5.41, 5.74) is 2.56. The lowest BCUT2D eigenvalue weighted by Gasteiger charge is -2.24. The van der Waals surface area contributed by atoms with Gasteiger partial charge in [-0.05, 0) is 43.4 Å². The molecule has 0 saturated heterocycles. The zero-order valence-electron chi connectivity index (χ0n) is 15.3. The van der Waals surface area contributed by atoms with Crippen molar-refractivity contribution in [3.8, 4) is 0 Å². The number of allylic oxidation sites excluding steroid dienone is 2. The Morgan fingerprint density at radius 2 is 1.42 bits per heavy atom. The number of hydrogen-bond acceptors (Lipinski definition) is 0. The molecule has 0 heterocycles. The Morgan fingerprint density at radius 1 is 0.895 bits per heavy atom. The molecule has 0 aromatic heterocycles. The van der Waals surface area contributed by atoms with Crippen LogP contribution in [0.5, 0.6) is 0 Å². The molecule has 0 aromatic carbocycles. The summed E-state index contributed by atoms with van der Waals surface area (Å²) in [4.78, 5) is 0. The Morgan fingerprint density at radius 3 is 1.84 bits per heavy atom. The molecule has 116 valence electrons. The Kier molecular flexibility index (Phi) is 11.7. The molecule has 0 bridgehead atoms. The van der Waals surface area contributed by atoms with Crippen LogP contribution < -0.4 is 0 Å². The van der Waals surface area contributed by atoms with Crippen molar-refractivity contribution in [3.63, 3.8) is 0 Å². The quantitative estimate of drug-likeness (QED) is 0.402. The first-order valence-corrected chi connectivity index (χ1v) is 8.38. The third kappa shape index (κ3) is 12.5. The van der Waals surface area contributed by atoms with Crippen molar-refractivity contribution in [1.82, 2.24) is 0 Å². The van der Waals surface area contributed by atoms with Crippen molar-refractivity contribution < 1.29 is 0 Å². The van der Waals surface area contributed by atoms with Crippen molar-refractivity contribution in [2.75, 3.05) is 0 Å². The largest absolute Gasteiger partial charge is 0.0856 e. The second-order valence-electron chi connectivity index (χ2n) is 7.20. The van der Waals surface area contributed by atoms with Gasteiger partial charge in [0.1, 0.15) is 0 Å². The van der Waals surface area contributed by atoms with Gasteiger partial charge in [0.05, 0.1) is 0 Å². The average molecular weight is 269 g/mol. The highest BCUT2D eigenvalue weighted by atomic mass is 14.2. The van der Waals surface area contributed by atoms with Crippen molar-refractivity contribution in [3.05, 3.63) is 11.6 Å². The van der Waals surface area contributed by atoms with Crippen LogP contribution in [0.25, 0.3) is 0 Å². The fourth-order valence-corrected chi connectivity index (χ4v) is 2.46. The fraction of sp³-hybridized carbons (Fsp3) is 0.895. The highest BCUT2D eigenvalue weighted by Gasteiger charge is 2.17. The summed E-state index contributed by atoms with van der Waals surface area (Å²) in [6.45, 7) is 20.4. The van der Waals surface area contributed by atoms with E-state index in [4.69, 9.17) is 0 Å². The van der Waals surface area contributed by atoms with Gasteiger partial charge in [-0.15, -0.1) is 0 Å². The van der Waals surface area contributed by atoms with Gasteiger partial charge in [0.25, 0.3) is 0 Å². The van der Waals surface area contributed by atoms with Gasteiger partial charge in [0.15, 0.2) is 0 Å². The third-order valence-electron chi connectivity index (χ3n) is 3.96. The van der Waals surface area contributed by atoms with E-state index in [1.165, 1.54) is 38.5 Å². The van der Waals surface area contributed by atoms with E-state index in [1.807, 2.05) is 13.8 Å². The number of rotatable bonds is 8. The summed E-state index contributed by atoms with van der Waals surface area (Å²) in [7, 11) is 0. The molecule has 0 rings (SSSR count). The lowest BCUT2D eigenvalue weighted by Crippen LogP contribution is -2.11. The Bertz CT molecular complexity index is 230. The van der Waals surface area contributed by atoms with Crippen LogP contribution in [-0.2, 0) is 0 Å². The minimum atomic E-state index is 0.472. The molecule has 0 spiro atoms. The van der Waals surface area contributed by atoms with Crippen LogP contribution in [0.1, 0.15) is 101 Å². The monoisotopic (exact) mass is 268 g/mol. The van der Waals surface area contributed by atoms with Gasteiger partial charge in [-0.25, -0.2) is 0 Å². The molecular formula is C19H40. The van der Waals surface area contributed by atoms with Crippen LogP contribution in [0.3, 0.4) is 0 Å². The van der Waals surface area contributed by atoms with E-state index < -0.39 is 0 Å². The minimum Gasteiger partial charge on any atom is -0.0856 e. The van der Waals surface area contributed by atoms with Gasteiger partial charge in [-0.1, -0.05) is 79.9 Å². The van der Waals surface area contributed by atoms with E-state index in [9.17, 15) is 0 Å². The third-order valence-corrected chi connectivity index (χ3v) is 3.96. The Balaban J connectivity index is 0. The van der Waals surface area contributed by atoms with Gasteiger partial charge in [0, 0.05) is 0 Å². The zero-order valence-corrected chi connectivity index (χ0v) is 15.3. The molecule has 19 heavy (non-hydrogen) atoms. The molecule has 0 amide bonds. The van der Waals surface area contributed by atoms with Gasteiger partial charge in [0.2, 0.25) is 0 Å². The summed E-state index contributed by atoms with van der Waals surface area (Å²) < 4.78 is 0. The maximum Gasteiger partial charge on any atom is -0.0272 e. The standard InChI is InChI=1S/C17H34.C2H6/c1-8-12-17(6,7)13-10-11-15(3)14-16(4,5)9-2;1-2/h11H,8-10,12-14H2,1-7H3;1-2H3/b15-11+;. The number of hydrogen-bond donors (Lipinski definition) is 0. The van der Waals surface area contributed by atoms with Crippen molar-refractivity contribution in [1.29, 1.82) is 0 Å². The molecule has 0 heteroatoms.